The van der Waals surface area contributed by atoms with Crippen molar-refractivity contribution in [1.82, 2.24) is 9.78 Å². The van der Waals surface area contributed by atoms with Gasteiger partial charge in [-0.25, -0.2) is 0 Å². The zero-order valence-electron chi connectivity index (χ0n) is 7.43. The van der Waals surface area contributed by atoms with Crippen LogP contribution in [0.25, 0.3) is 0 Å². The van der Waals surface area contributed by atoms with Gasteiger partial charge in [-0.2, -0.15) is 20.3 Å². The predicted octanol–water partition coefficient (Wildman–Crippen LogP) is 0.137. The maximum Gasteiger partial charge on any atom is 0.265 e. The zero-order valence-corrected chi connectivity index (χ0v) is 7.43. The molecule has 1 unspecified atom stereocenters. The third kappa shape index (κ3) is 1.41. The van der Waals surface area contributed by atoms with E-state index in [1.165, 1.54) is 13.1 Å². The predicted molar refractivity (Wildman–Crippen MR) is 46.8 cm³/mol. The molecule has 1 aromatic heterocycles. The lowest BCUT2D eigenvalue weighted by Gasteiger charge is -2.02. The van der Waals surface area contributed by atoms with Crippen molar-refractivity contribution in [3.8, 4) is 12.1 Å². The third-order valence-electron chi connectivity index (χ3n) is 1.70. The van der Waals surface area contributed by atoms with Gasteiger partial charge in [-0.1, -0.05) is 0 Å². The standard InChI is InChI=1S/C8H7N5O/c1-5(2-9)8(14)13-7(11)6(3-10)4-12-13/h4-5H,11H2,1H3. The first-order valence-corrected chi connectivity index (χ1v) is 3.79. The van der Waals surface area contributed by atoms with Crippen molar-refractivity contribution < 1.29 is 4.79 Å². The van der Waals surface area contributed by atoms with Gasteiger partial charge in [0.1, 0.15) is 23.4 Å². The molecule has 70 valence electrons. The average Bonchev–Trinajstić information content (AvgIpc) is 2.57. The largest absolute Gasteiger partial charge is 0.382 e. The molecule has 0 saturated carbocycles. The Morgan fingerprint density at radius 1 is 1.71 bits per heavy atom. The van der Waals surface area contributed by atoms with Crippen LogP contribution in [0.2, 0.25) is 0 Å². The van der Waals surface area contributed by atoms with E-state index >= 15 is 0 Å². The molecule has 6 heteroatoms. The van der Waals surface area contributed by atoms with Crippen LogP contribution in [0.15, 0.2) is 6.20 Å². The van der Waals surface area contributed by atoms with Gasteiger partial charge < -0.3 is 5.73 Å². The maximum atomic E-state index is 11.4. The molecule has 1 aromatic rings. The smallest absolute Gasteiger partial charge is 0.265 e. The van der Waals surface area contributed by atoms with Crippen LogP contribution in [0.3, 0.4) is 0 Å². The Balaban J connectivity index is 3.11. The number of anilines is 1. The average molecular weight is 189 g/mol. The molecule has 0 fully saturated rings. The molecular weight excluding hydrogens is 182 g/mol. The minimum Gasteiger partial charge on any atom is -0.382 e. The number of nitrogens with zero attached hydrogens (tertiary/aromatic N) is 4. The highest BCUT2D eigenvalue weighted by molar-refractivity contribution is 5.85. The molecule has 0 aliphatic rings. The van der Waals surface area contributed by atoms with Crippen LogP contribution < -0.4 is 5.73 Å². The summed E-state index contributed by atoms with van der Waals surface area (Å²) in [7, 11) is 0. The molecule has 1 heterocycles. The van der Waals surface area contributed by atoms with Crippen LogP contribution in [-0.4, -0.2) is 15.7 Å². The Hall–Kier alpha value is -2.34. The molecule has 14 heavy (non-hydrogen) atoms. The Labute approximate surface area is 80.1 Å². The monoisotopic (exact) mass is 189 g/mol. The molecule has 0 saturated heterocycles. The van der Waals surface area contributed by atoms with Crippen molar-refractivity contribution in [2.24, 2.45) is 5.92 Å². The summed E-state index contributed by atoms with van der Waals surface area (Å²) < 4.78 is 0.867. The minimum atomic E-state index is -0.830. The lowest BCUT2D eigenvalue weighted by Crippen LogP contribution is -2.21. The Kier molecular flexibility index (Phi) is 2.49. The first-order chi connectivity index (χ1) is 6.61. The number of rotatable bonds is 1. The van der Waals surface area contributed by atoms with Crippen molar-refractivity contribution in [3.63, 3.8) is 0 Å². The van der Waals surface area contributed by atoms with Crippen molar-refractivity contribution >= 4 is 11.7 Å². The summed E-state index contributed by atoms with van der Waals surface area (Å²) in [6, 6.07) is 3.55. The fraction of sp³-hybridized carbons (Fsp3) is 0.250. The van der Waals surface area contributed by atoms with Crippen LogP contribution in [-0.2, 0) is 0 Å². The van der Waals surface area contributed by atoms with Gasteiger partial charge in [0.05, 0.1) is 12.3 Å². The number of aromatic nitrogens is 2. The van der Waals surface area contributed by atoms with Gasteiger partial charge in [0.25, 0.3) is 5.91 Å². The minimum absolute atomic E-state index is 0.0281. The summed E-state index contributed by atoms with van der Waals surface area (Å²) in [4.78, 5) is 11.4. The highest BCUT2D eigenvalue weighted by atomic mass is 16.2. The lowest BCUT2D eigenvalue weighted by atomic mass is 10.2. The van der Waals surface area contributed by atoms with Crippen molar-refractivity contribution in [1.29, 1.82) is 10.5 Å². The number of hydrogen-bond acceptors (Lipinski definition) is 5. The van der Waals surface area contributed by atoms with Crippen LogP contribution in [0.1, 0.15) is 17.3 Å². The van der Waals surface area contributed by atoms with Crippen LogP contribution >= 0.6 is 0 Å². The molecular formula is C8H7N5O. The second kappa shape index (κ2) is 3.58. The normalized spacial score (nSPS) is 11.4. The second-order valence-electron chi connectivity index (χ2n) is 2.66. The number of nitriles is 2. The summed E-state index contributed by atoms with van der Waals surface area (Å²) in [6.07, 6.45) is 1.19. The van der Waals surface area contributed by atoms with E-state index in [4.69, 9.17) is 16.3 Å². The second-order valence-corrected chi connectivity index (χ2v) is 2.66. The first kappa shape index (κ1) is 9.75. The topological polar surface area (TPSA) is 108 Å². The molecule has 2 N–H and O–H groups in total. The van der Waals surface area contributed by atoms with Gasteiger partial charge in [-0.3, -0.25) is 4.79 Å². The third-order valence-corrected chi connectivity index (χ3v) is 1.70. The van der Waals surface area contributed by atoms with Gasteiger partial charge >= 0.3 is 0 Å². The van der Waals surface area contributed by atoms with Gasteiger partial charge in [0.15, 0.2) is 0 Å². The van der Waals surface area contributed by atoms with Gasteiger partial charge in [0.2, 0.25) is 0 Å². The van der Waals surface area contributed by atoms with E-state index in [0.717, 1.165) is 4.68 Å². The van der Waals surface area contributed by atoms with E-state index in [9.17, 15) is 4.79 Å². The van der Waals surface area contributed by atoms with E-state index in [-0.39, 0.29) is 11.4 Å². The molecule has 6 nitrogen and oxygen atoms in total. The molecule has 0 radical (unpaired) electrons. The van der Waals surface area contributed by atoms with Crippen LogP contribution in [0.4, 0.5) is 5.82 Å². The molecule has 1 atom stereocenters. The number of nitrogens with two attached hydrogens (primary N) is 1. The molecule has 0 amide bonds. The fourth-order valence-electron chi connectivity index (χ4n) is 0.858. The molecule has 0 spiro atoms. The summed E-state index contributed by atoms with van der Waals surface area (Å²) in [5, 5.41) is 20.7. The quantitative estimate of drug-likeness (QED) is 0.675. The molecule has 0 aromatic carbocycles. The number of nitrogen functional groups attached to an aromatic ring is 1. The van der Waals surface area contributed by atoms with Gasteiger partial charge in [-0.15, -0.1) is 0 Å². The van der Waals surface area contributed by atoms with E-state index < -0.39 is 11.8 Å². The fourth-order valence-corrected chi connectivity index (χ4v) is 0.858. The number of carbonyl (C=O) groups excluding carboxylic acids is 1. The van der Waals surface area contributed by atoms with Crippen LogP contribution in [0, 0.1) is 28.6 Å². The first-order valence-electron chi connectivity index (χ1n) is 3.79. The van der Waals surface area contributed by atoms with Crippen LogP contribution in [0.5, 0.6) is 0 Å². The SMILES string of the molecule is CC(C#N)C(=O)n1ncc(C#N)c1N. The Morgan fingerprint density at radius 2 is 2.36 bits per heavy atom. The van der Waals surface area contributed by atoms with E-state index in [2.05, 4.69) is 5.10 Å². The maximum absolute atomic E-state index is 11.4. The van der Waals surface area contributed by atoms with Crippen molar-refractivity contribution in [2.45, 2.75) is 6.92 Å². The van der Waals surface area contributed by atoms with E-state index in [1.54, 1.807) is 12.1 Å². The molecule has 0 aliphatic heterocycles. The summed E-state index contributed by atoms with van der Waals surface area (Å²) >= 11 is 0. The van der Waals surface area contributed by atoms with Gasteiger partial charge in [0, 0.05) is 0 Å². The number of hydrogen-bond donors (Lipinski definition) is 1. The van der Waals surface area contributed by atoms with Crippen molar-refractivity contribution in [2.75, 3.05) is 5.73 Å². The number of carbonyl (C=O) groups is 1. The lowest BCUT2D eigenvalue weighted by molar-refractivity contribution is 0.0861. The summed E-state index contributed by atoms with van der Waals surface area (Å²) in [6.45, 7) is 1.44. The Morgan fingerprint density at radius 3 is 2.79 bits per heavy atom. The van der Waals surface area contributed by atoms with Crippen molar-refractivity contribution in [3.05, 3.63) is 11.8 Å². The summed E-state index contributed by atoms with van der Waals surface area (Å²) in [5.74, 6) is -1.39. The van der Waals surface area contributed by atoms with E-state index in [1.807, 2.05) is 0 Å². The molecule has 0 bridgehead atoms. The Bertz CT molecular complexity index is 447. The van der Waals surface area contributed by atoms with E-state index in [0.29, 0.717) is 0 Å². The summed E-state index contributed by atoms with van der Waals surface area (Å²) in [5.41, 5.74) is 5.58. The van der Waals surface area contributed by atoms with Gasteiger partial charge in [-0.05, 0) is 6.92 Å². The zero-order chi connectivity index (χ0) is 10.7. The highest BCUT2D eigenvalue weighted by Gasteiger charge is 2.19. The molecule has 0 aliphatic carbocycles. The highest BCUT2D eigenvalue weighted by Crippen LogP contribution is 2.11. The molecule has 1 rings (SSSR count).